The average Bonchev–Trinajstić information content (AvgIpc) is 3.22. The Bertz CT molecular complexity index is 839. The summed E-state index contributed by atoms with van der Waals surface area (Å²) in [4.78, 5) is 4.38. The smallest absolute Gasteiger partial charge is 0.0956 e. The molecule has 1 aliphatic heterocycles. The van der Waals surface area contributed by atoms with Crippen molar-refractivity contribution in [3.63, 3.8) is 0 Å². The first kappa shape index (κ1) is 15.4. The molecule has 0 radical (unpaired) electrons. The summed E-state index contributed by atoms with van der Waals surface area (Å²) in [6.45, 7) is 2.47. The van der Waals surface area contributed by atoms with Gasteiger partial charge in [-0.2, -0.15) is 0 Å². The fourth-order valence-corrected chi connectivity index (χ4v) is 7.38. The molecular weight excluding hydrogens is 320 g/mol. The summed E-state index contributed by atoms with van der Waals surface area (Å²) in [6.07, 6.45) is 11.2. The van der Waals surface area contributed by atoms with Gasteiger partial charge in [0.05, 0.1) is 30.4 Å². The number of aliphatic hydroxyl groups is 1. The van der Waals surface area contributed by atoms with Gasteiger partial charge in [-0.15, -0.1) is 0 Å². The van der Waals surface area contributed by atoms with Crippen molar-refractivity contribution in [3.05, 3.63) is 42.4 Å². The summed E-state index contributed by atoms with van der Waals surface area (Å²) in [7, 11) is 0. The van der Waals surface area contributed by atoms with Crippen molar-refractivity contribution in [2.24, 2.45) is 29.1 Å². The van der Waals surface area contributed by atoms with E-state index in [1.807, 2.05) is 12.5 Å². The molecule has 3 nitrogen and oxygen atoms in total. The Hall–Kier alpha value is -1.61. The fraction of sp³-hybridized carbons (Fsp3) is 0.609. The van der Waals surface area contributed by atoms with Crippen molar-refractivity contribution in [2.45, 2.75) is 57.6 Å². The molecule has 136 valence electrons. The van der Waals surface area contributed by atoms with Crippen LogP contribution in [0.15, 0.2) is 36.8 Å². The third kappa shape index (κ3) is 1.95. The first-order valence-corrected chi connectivity index (χ1v) is 10.4. The molecule has 5 aliphatic rings. The Balaban J connectivity index is 1.33. The van der Waals surface area contributed by atoms with E-state index < -0.39 is 0 Å². The minimum absolute atomic E-state index is 0.182. The van der Waals surface area contributed by atoms with Crippen LogP contribution in [0.4, 0.5) is 0 Å². The topological polar surface area (TPSA) is 38.1 Å². The van der Waals surface area contributed by atoms with Gasteiger partial charge in [0.25, 0.3) is 0 Å². The molecule has 1 N–H and O–H groups in total. The summed E-state index contributed by atoms with van der Waals surface area (Å²) in [5.41, 5.74) is 4.04. The van der Waals surface area contributed by atoms with E-state index in [4.69, 9.17) is 0 Å². The highest BCUT2D eigenvalue weighted by molar-refractivity contribution is 5.68. The van der Waals surface area contributed by atoms with Crippen LogP contribution >= 0.6 is 0 Å². The molecular formula is C23H28N2O. The minimum atomic E-state index is -0.200. The van der Waals surface area contributed by atoms with E-state index >= 15 is 0 Å². The Kier molecular flexibility index (Phi) is 3.10. The third-order valence-corrected chi connectivity index (χ3v) is 8.54. The van der Waals surface area contributed by atoms with Crippen LogP contribution in [0, 0.1) is 29.1 Å². The first-order valence-electron chi connectivity index (χ1n) is 10.4. The van der Waals surface area contributed by atoms with E-state index in [0.717, 1.165) is 30.1 Å². The molecule has 1 aromatic heterocycles. The van der Waals surface area contributed by atoms with E-state index in [9.17, 15) is 5.11 Å². The minimum Gasteiger partial charge on any atom is -0.392 e. The zero-order chi connectivity index (χ0) is 17.5. The number of benzene rings is 1. The SMILES string of the molecule is CC1C2CC3CC1CC(C(O)CC1c4ccccc4-c4cncn41)(C3)C2. The summed E-state index contributed by atoms with van der Waals surface area (Å²) in [5, 5.41) is 11.5. The summed E-state index contributed by atoms with van der Waals surface area (Å²) in [5.74, 6) is 3.46. The van der Waals surface area contributed by atoms with Crippen LogP contribution in [0.2, 0.25) is 0 Å². The number of aliphatic hydroxyl groups excluding tert-OH is 1. The maximum Gasteiger partial charge on any atom is 0.0956 e. The van der Waals surface area contributed by atoms with Crippen molar-refractivity contribution in [1.29, 1.82) is 0 Å². The Labute approximate surface area is 155 Å². The van der Waals surface area contributed by atoms with Crippen LogP contribution in [0.25, 0.3) is 11.3 Å². The highest BCUT2D eigenvalue weighted by Gasteiger charge is 2.56. The standard InChI is InChI=1S/C23H28N2O/c1-14-16-6-15-7-17(14)11-23(9-15,10-16)22(26)8-20-18-4-2-3-5-19(18)21-12-24-13-25(20)21/h2-5,12-17,20,22,26H,6-11H2,1H3. The number of hydrogen-bond donors (Lipinski definition) is 1. The Morgan fingerprint density at radius 1 is 1.19 bits per heavy atom. The third-order valence-electron chi connectivity index (χ3n) is 8.54. The molecule has 4 atom stereocenters. The molecule has 0 amide bonds. The Morgan fingerprint density at radius 2 is 1.96 bits per heavy atom. The molecule has 4 saturated carbocycles. The number of aromatic nitrogens is 2. The summed E-state index contributed by atoms with van der Waals surface area (Å²) in [6, 6.07) is 8.91. The van der Waals surface area contributed by atoms with Gasteiger partial charge in [-0.25, -0.2) is 4.98 Å². The van der Waals surface area contributed by atoms with E-state index in [1.165, 1.54) is 48.9 Å². The predicted octanol–water partition coefficient (Wildman–Crippen LogP) is 4.67. The molecule has 2 heterocycles. The molecule has 1 aromatic carbocycles. The van der Waals surface area contributed by atoms with Gasteiger partial charge >= 0.3 is 0 Å². The van der Waals surface area contributed by atoms with Crippen LogP contribution < -0.4 is 0 Å². The van der Waals surface area contributed by atoms with Crippen molar-refractivity contribution in [3.8, 4) is 11.3 Å². The van der Waals surface area contributed by atoms with Crippen LogP contribution in [0.1, 0.15) is 57.1 Å². The number of imidazole rings is 1. The predicted molar refractivity (Wildman–Crippen MR) is 102 cm³/mol. The molecule has 4 aliphatic carbocycles. The second-order valence-electron chi connectivity index (χ2n) is 9.73. The lowest BCUT2D eigenvalue weighted by Crippen LogP contribution is -2.55. The van der Waals surface area contributed by atoms with Crippen LogP contribution in [-0.4, -0.2) is 20.8 Å². The normalized spacial score (nSPS) is 40.5. The van der Waals surface area contributed by atoms with Gasteiger partial charge in [0.1, 0.15) is 0 Å². The lowest BCUT2D eigenvalue weighted by molar-refractivity contribution is -0.146. The maximum atomic E-state index is 11.5. The van der Waals surface area contributed by atoms with Crippen LogP contribution in [0.5, 0.6) is 0 Å². The van der Waals surface area contributed by atoms with Crippen molar-refractivity contribution in [2.75, 3.05) is 0 Å². The van der Waals surface area contributed by atoms with Gasteiger partial charge in [0.2, 0.25) is 0 Å². The number of rotatable bonds is 3. The highest BCUT2D eigenvalue weighted by Crippen LogP contribution is 2.64. The number of hydrogen-bond acceptors (Lipinski definition) is 2. The van der Waals surface area contributed by atoms with Gasteiger partial charge in [0, 0.05) is 5.56 Å². The van der Waals surface area contributed by atoms with E-state index in [0.29, 0.717) is 0 Å². The zero-order valence-corrected chi connectivity index (χ0v) is 15.5. The second kappa shape index (κ2) is 5.22. The van der Waals surface area contributed by atoms with Crippen molar-refractivity contribution in [1.82, 2.24) is 9.55 Å². The van der Waals surface area contributed by atoms with Gasteiger partial charge in [-0.3, -0.25) is 0 Å². The van der Waals surface area contributed by atoms with E-state index in [1.54, 1.807) is 0 Å². The van der Waals surface area contributed by atoms with Crippen molar-refractivity contribution < 1.29 is 5.11 Å². The molecule has 4 unspecified atom stereocenters. The Morgan fingerprint density at radius 3 is 2.77 bits per heavy atom. The average molecular weight is 348 g/mol. The highest BCUT2D eigenvalue weighted by atomic mass is 16.3. The maximum absolute atomic E-state index is 11.5. The van der Waals surface area contributed by atoms with Crippen molar-refractivity contribution >= 4 is 0 Å². The van der Waals surface area contributed by atoms with E-state index in [2.05, 4.69) is 40.7 Å². The van der Waals surface area contributed by atoms with Crippen LogP contribution in [-0.2, 0) is 0 Å². The van der Waals surface area contributed by atoms with Gasteiger partial charge in [-0.1, -0.05) is 31.2 Å². The molecule has 0 spiro atoms. The summed E-state index contributed by atoms with van der Waals surface area (Å²) >= 11 is 0. The quantitative estimate of drug-likeness (QED) is 0.875. The molecule has 3 heteroatoms. The molecule has 4 fully saturated rings. The second-order valence-corrected chi connectivity index (χ2v) is 9.73. The molecule has 7 rings (SSSR count). The van der Waals surface area contributed by atoms with Gasteiger partial charge < -0.3 is 9.67 Å². The van der Waals surface area contributed by atoms with E-state index in [-0.39, 0.29) is 17.6 Å². The molecule has 2 aromatic rings. The molecule has 0 saturated heterocycles. The lowest BCUT2D eigenvalue weighted by Gasteiger charge is -2.61. The lowest BCUT2D eigenvalue weighted by atomic mass is 9.45. The monoisotopic (exact) mass is 348 g/mol. The molecule has 26 heavy (non-hydrogen) atoms. The van der Waals surface area contributed by atoms with Crippen LogP contribution in [0.3, 0.4) is 0 Å². The number of fused-ring (bicyclic) bond motifs is 3. The largest absolute Gasteiger partial charge is 0.392 e. The number of nitrogens with zero attached hydrogens (tertiary/aromatic N) is 2. The van der Waals surface area contributed by atoms with Gasteiger partial charge in [-0.05, 0) is 73.2 Å². The zero-order valence-electron chi connectivity index (χ0n) is 15.5. The molecule has 4 bridgehead atoms. The first-order chi connectivity index (χ1) is 12.6. The summed E-state index contributed by atoms with van der Waals surface area (Å²) < 4.78 is 2.29. The van der Waals surface area contributed by atoms with Gasteiger partial charge in [0.15, 0.2) is 0 Å². The fourth-order valence-electron chi connectivity index (χ4n) is 7.38.